The monoisotopic (exact) mass is 411 g/mol. The molecule has 7 nitrogen and oxygen atoms in total. The van der Waals surface area contributed by atoms with Crippen LogP contribution in [0.1, 0.15) is 22.4 Å². The van der Waals surface area contributed by atoms with Crippen molar-refractivity contribution in [3.05, 3.63) is 57.2 Å². The standard InChI is InChI=1S/C21H25N5O2S/c1-15-16(2)29-20-19(15)21(28)26(14-23-20)7-5-18(27)25-10-8-24(9-11-25)13-17-4-3-6-22-12-17/h3-4,6,12,14H,5,7-11,13H2,1-2H3. The summed E-state index contributed by atoms with van der Waals surface area (Å²) in [4.78, 5) is 40.1. The summed E-state index contributed by atoms with van der Waals surface area (Å²) >= 11 is 1.54. The Bertz CT molecular complexity index is 1070. The van der Waals surface area contributed by atoms with E-state index in [0.29, 0.717) is 31.4 Å². The Hall–Kier alpha value is -2.58. The van der Waals surface area contributed by atoms with E-state index in [4.69, 9.17) is 0 Å². The molecule has 0 radical (unpaired) electrons. The molecule has 29 heavy (non-hydrogen) atoms. The molecule has 0 saturated carbocycles. The van der Waals surface area contributed by atoms with Gasteiger partial charge in [-0.15, -0.1) is 11.3 Å². The highest BCUT2D eigenvalue weighted by Gasteiger charge is 2.21. The van der Waals surface area contributed by atoms with Gasteiger partial charge in [-0.1, -0.05) is 6.07 Å². The maximum absolute atomic E-state index is 12.8. The number of nitrogens with zero attached hydrogens (tertiary/aromatic N) is 5. The van der Waals surface area contributed by atoms with E-state index >= 15 is 0 Å². The van der Waals surface area contributed by atoms with Gasteiger partial charge in [-0.05, 0) is 31.0 Å². The molecule has 3 aromatic rings. The molecule has 0 atom stereocenters. The number of hydrogen-bond donors (Lipinski definition) is 0. The minimum atomic E-state index is -0.0501. The average molecular weight is 412 g/mol. The molecule has 1 aliphatic heterocycles. The summed E-state index contributed by atoms with van der Waals surface area (Å²) in [5.74, 6) is 0.0937. The summed E-state index contributed by atoms with van der Waals surface area (Å²) in [6.45, 7) is 8.31. The summed E-state index contributed by atoms with van der Waals surface area (Å²) < 4.78 is 1.57. The third-order valence-electron chi connectivity index (χ3n) is 5.58. The Balaban J connectivity index is 1.33. The Morgan fingerprint density at radius 1 is 1.21 bits per heavy atom. The van der Waals surface area contributed by atoms with Crippen molar-refractivity contribution in [1.82, 2.24) is 24.3 Å². The van der Waals surface area contributed by atoms with Crippen LogP contribution >= 0.6 is 11.3 Å². The lowest BCUT2D eigenvalue weighted by Crippen LogP contribution is -2.48. The van der Waals surface area contributed by atoms with E-state index in [1.807, 2.05) is 31.0 Å². The first kappa shape index (κ1) is 19.7. The third-order valence-corrected chi connectivity index (χ3v) is 6.69. The van der Waals surface area contributed by atoms with Gasteiger partial charge in [-0.2, -0.15) is 0 Å². The molecule has 152 valence electrons. The van der Waals surface area contributed by atoms with E-state index in [2.05, 4.69) is 20.9 Å². The van der Waals surface area contributed by atoms with Crippen LogP contribution < -0.4 is 5.56 Å². The number of fused-ring (bicyclic) bond motifs is 1. The van der Waals surface area contributed by atoms with Crippen LogP contribution in [0.3, 0.4) is 0 Å². The van der Waals surface area contributed by atoms with Crippen LogP contribution in [0.25, 0.3) is 10.2 Å². The van der Waals surface area contributed by atoms with Crippen LogP contribution in [-0.2, 0) is 17.9 Å². The van der Waals surface area contributed by atoms with E-state index in [1.165, 1.54) is 5.56 Å². The molecule has 0 aromatic carbocycles. The number of piperazine rings is 1. The molecular weight excluding hydrogens is 386 g/mol. The van der Waals surface area contributed by atoms with E-state index in [-0.39, 0.29) is 11.5 Å². The SMILES string of the molecule is Cc1sc2ncn(CCC(=O)N3CCN(Cc4cccnc4)CC3)c(=O)c2c1C. The highest BCUT2D eigenvalue weighted by Crippen LogP contribution is 2.25. The zero-order chi connectivity index (χ0) is 20.4. The van der Waals surface area contributed by atoms with E-state index in [0.717, 1.165) is 34.9 Å². The van der Waals surface area contributed by atoms with Crippen LogP contribution in [0.4, 0.5) is 0 Å². The fraction of sp³-hybridized carbons (Fsp3) is 0.429. The van der Waals surface area contributed by atoms with Gasteiger partial charge in [0, 0.05) is 63.0 Å². The van der Waals surface area contributed by atoms with Crippen molar-refractivity contribution >= 4 is 27.5 Å². The molecule has 4 rings (SSSR count). The fourth-order valence-electron chi connectivity index (χ4n) is 3.71. The number of pyridine rings is 1. The van der Waals surface area contributed by atoms with Crippen LogP contribution in [-0.4, -0.2) is 56.4 Å². The number of aromatic nitrogens is 3. The lowest BCUT2D eigenvalue weighted by atomic mass is 10.2. The minimum Gasteiger partial charge on any atom is -0.340 e. The summed E-state index contributed by atoms with van der Waals surface area (Å²) in [6, 6.07) is 4.02. The fourth-order valence-corrected chi connectivity index (χ4v) is 4.70. The first-order valence-corrected chi connectivity index (χ1v) is 10.7. The van der Waals surface area contributed by atoms with Gasteiger partial charge in [0.25, 0.3) is 5.56 Å². The van der Waals surface area contributed by atoms with Crippen molar-refractivity contribution in [2.24, 2.45) is 0 Å². The first-order valence-electron chi connectivity index (χ1n) is 9.87. The van der Waals surface area contributed by atoms with E-state index in [1.54, 1.807) is 28.4 Å². The normalized spacial score (nSPS) is 15.2. The molecule has 1 amide bonds. The summed E-state index contributed by atoms with van der Waals surface area (Å²) in [6.07, 6.45) is 5.55. The molecular formula is C21H25N5O2S. The van der Waals surface area contributed by atoms with Crippen LogP contribution in [0.5, 0.6) is 0 Å². The van der Waals surface area contributed by atoms with Gasteiger partial charge in [-0.3, -0.25) is 24.0 Å². The smallest absolute Gasteiger partial charge is 0.262 e. The Morgan fingerprint density at radius 3 is 2.72 bits per heavy atom. The van der Waals surface area contributed by atoms with Gasteiger partial charge >= 0.3 is 0 Å². The number of thiophene rings is 1. The zero-order valence-corrected chi connectivity index (χ0v) is 17.6. The van der Waals surface area contributed by atoms with Gasteiger partial charge < -0.3 is 4.90 Å². The van der Waals surface area contributed by atoms with Crippen LogP contribution in [0, 0.1) is 13.8 Å². The average Bonchev–Trinajstić information content (AvgIpc) is 3.03. The molecule has 1 aliphatic rings. The second-order valence-corrected chi connectivity index (χ2v) is 8.68. The maximum Gasteiger partial charge on any atom is 0.262 e. The molecule has 1 fully saturated rings. The Kier molecular flexibility index (Phi) is 5.73. The molecule has 4 heterocycles. The number of amides is 1. The quantitative estimate of drug-likeness (QED) is 0.644. The second kappa shape index (κ2) is 8.42. The maximum atomic E-state index is 12.8. The predicted molar refractivity (Wildman–Crippen MR) is 114 cm³/mol. The molecule has 8 heteroatoms. The largest absolute Gasteiger partial charge is 0.340 e. The molecule has 0 bridgehead atoms. The molecule has 1 saturated heterocycles. The van der Waals surface area contributed by atoms with Gasteiger partial charge in [0.15, 0.2) is 0 Å². The van der Waals surface area contributed by atoms with Gasteiger partial charge in [0.1, 0.15) is 4.83 Å². The molecule has 0 N–H and O–H groups in total. The Labute approximate surface area is 173 Å². The van der Waals surface area contributed by atoms with Gasteiger partial charge in [0.2, 0.25) is 5.91 Å². The van der Waals surface area contributed by atoms with Crippen molar-refractivity contribution in [3.8, 4) is 0 Å². The number of carbonyl (C=O) groups excluding carboxylic acids is 1. The summed E-state index contributed by atoms with van der Waals surface area (Å²) in [5.41, 5.74) is 2.13. The zero-order valence-electron chi connectivity index (χ0n) is 16.8. The van der Waals surface area contributed by atoms with Crippen molar-refractivity contribution < 1.29 is 4.79 Å². The van der Waals surface area contributed by atoms with Crippen molar-refractivity contribution in [3.63, 3.8) is 0 Å². The minimum absolute atomic E-state index is 0.0501. The number of carbonyl (C=O) groups is 1. The topological polar surface area (TPSA) is 71.3 Å². The molecule has 3 aromatic heterocycles. The van der Waals surface area contributed by atoms with Crippen LogP contribution in [0.2, 0.25) is 0 Å². The van der Waals surface area contributed by atoms with Crippen LogP contribution in [0.15, 0.2) is 35.6 Å². The third kappa shape index (κ3) is 4.23. The molecule has 0 unspecified atom stereocenters. The summed E-state index contributed by atoms with van der Waals surface area (Å²) in [5, 5.41) is 0.687. The number of hydrogen-bond acceptors (Lipinski definition) is 6. The predicted octanol–water partition coefficient (Wildman–Crippen LogP) is 2.20. The van der Waals surface area contributed by atoms with Crippen molar-refractivity contribution in [2.75, 3.05) is 26.2 Å². The Morgan fingerprint density at radius 2 is 2.00 bits per heavy atom. The summed E-state index contributed by atoms with van der Waals surface area (Å²) in [7, 11) is 0. The molecule has 0 aliphatic carbocycles. The number of rotatable bonds is 5. The number of aryl methyl sites for hydroxylation is 3. The van der Waals surface area contributed by atoms with Crippen molar-refractivity contribution in [2.45, 2.75) is 33.4 Å². The van der Waals surface area contributed by atoms with Gasteiger partial charge in [-0.25, -0.2) is 4.98 Å². The highest BCUT2D eigenvalue weighted by atomic mass is 32.1. The first-order chi connectivity index (χ1) is 14.0. The van der Waals surface area contributed by atoms with Gasteiger partial charge in [0.05, 0.1) is 11.7 Å². The lowest BCUT2D eigenvalue weighted by Gasteiger charge is -2.34. The van der Waals surface area contributed by atoms with E-state index in [9.17, 15) is 9.59 Å². The van der Waals surface area contributed by atoms with E-state index < -0.39 is 0 Å². The lowest BCUT2D eigenvalue weighted by molar-refractivity contribution is -0.133. The molecule has 0 spiro atoms. The second-order valence-electron chi connectivity index (χ2n) is 7.47. The highest BCUT2D eigenvalue weighted by molar-refractivity contribution is 7.18. The van der Waals surface area contributed by atoms with Crippen molar-refractivity contribution in [1.29, 1.82) is 0 Å².